The molecule has 1 aliphatic heterocycles. The molecule has 0 saturated heterocycles. The lowest BCUT2D eigenvalue weighted by Gasteiger charge is -2.26. The average Bonchev–Trinajstić information content (AvgIpc) is 3.17. The lowest BCUT2D eigenvalue weighted by Crippen LogP contribution is -2.40. The number of hydrogen-bond acceptors (Lipinski definition) is 9. The summed E-state index contributed by atoms with van der Waals surface area (Å²) >= 11 is 4.68. The van der Waals surface area contributed by atoms with E-state index < -0.39 is 22.5 Å². The van der Waals surface area contributed by atoms with Crippen molar-refractivity contribution in [3.8, 4) is 11.5 Å². The monoisotopic (exact) mass is 587 g/mol. The van der Waals surface area contributed by atoms with E-state index >= 15 is 0 Å². The largest absolute Gasteiger partial charge is 0.493 e. The first-order chi connectivity index (χ1) is 17.7. The molecular weight excluding hydrogens is 566 g/mol. The van der Waals surface area contributed by atoms with E-state index in [9.17, 15) is 19.7 Å². The normalized spacial score (nSPS) is 15.2. The predicted octanol–water partition coefficient (Wildman–Crippen LogP) is 3.49. The molecule has 1 aliphatic rings. The van der Waals surface area contributed by atoms with Crippen molar-refractivity contribution in [2.75, 3.05) is 20.8 Å². The van der Waals surface area contributed by atoms with E-state index in [1.54, 1.807) is 44.2 Å². The number of allylic oxidation sites excluding steroid dienone is 1. The second kappa shape index (κ2) is 10.7. The SMILES string of the molecule is CCOC(=O)C1=C(C)N=c2s/c(=C\c3cccc([N+](=O)[O-])c3)c(=O)n2[C@@H]1c1cc(OC)c(OC)cc1Br. The maximum atomic E-state index is 13.7. The molecule has 2 aromatic carbocycles. The molecule has 2 heterocycles. The first-order valence-corrected chi connectivity index (χ1v) is 12.7. The van der Waals surface area contributed by atoms with Gasteiger partial charge in [0.2, 0.25) is 0 Å². The third-order valence-corrected chi connectivity index (χ3v) is 7.36. The number of nitrogens with zero attached hydrogens (tertiary/aromatic N) is 3. The van der Waals surface area contributed by atoms with E-state index in [0.29, 0.717) is 42.1 Å². The zero-order valence-electron chi connectivity index (χ0n) is 20.3. The number of hydrogen-bond donors (Lipinski definition) is 0. The number of aromatic nitrogens is 1. The number of nitro benzene ring substituents is 1. The molecule has 0 bridgehead atoms. The molecule has 3 aromatic rings. The van der Waals surface area contributed by atoms with Gasteiger partial charge in [-0.1, -0.05) is 39.4 Å². The highest BCUT2D eigenvalue weighted by Crippen LogP contribution is 2.40. The zero-order valence-corrected chi connectivity index (χ0v) is 22.7. The van der Waals surface area contributed by atoms with Gasteiger partial charge < -0.3 is 14.2 Å². The number of methoxy groups -OCH3 is 2. The number of thiazole rings is 1. The van der Waals surface area contributed by atoms with Crippen molar-refractivity contribution in [1.29, 1.82) is 0 Å². The lowest BCUT2D eigenvalue weighted by atomic mass is 9.95. The second-order valence-corrected chi connectivity index (χ2v) is 9.75. The molecule has 0 N–H and O–H groups in total. The number of carbonyl (C=O) groups excluding carboxylic acids is 1. The fourth-order valence-electron chi connectivity index (χ4n) is 4.04. The van der Waals surface area contributed by atoms with Crippen molar-refractivity contribution in [1.82, 2.24) is 4.57 Å². The number of non-ortho nitro benzene ring substituents is 1. The number of ether oxygens (including phenoxy) is 3. The highest BCUT2D eigenvalue weighted by molar-refractivity contribution is 9.10. The van der Waals surface area contributed by atoms with Crippen LogP contribution in [0.5, 0.6) is 11.5 Å². The molecule has 0 radical (unpaired) electrons. The van der Waals surface area contributed by atoms with Crippen LogP contribution in [0.25, 0.3) is 6.08 Å². The van der Waals surface area contributed by atoms with Crippen LogP contribution in [0.3, 0.4) is 0 Å². The first kappa shape index (κ1) is 26.3. The quantitative estimate of drug-likeness (QED) is 0.235. The van der Waals surface area contributed by atoms with Crippen LogP contribution < -0.4 is 24.4 Å². The fourth-order valence-corrected chi connectivity index (χ4v) is 5.63. The first-order valence-electron chi connectivity index (χ1n) is 11.1. The summed E-state index contributed by atoms with van der Waals surface area (Å²) < 4.78 is 18.5. The van der Waals surface area contributed by atoms with Crippen molar-refractivity contribution in [3.63, 3.8) is 0 Å². The van der Waals surface area contributed by atoms with Gasteiger partial charge in [0.05, 0.1) is 47.6 Å². The molecule has 0 spiro atoms. The van der Waals surface area contributed by atoms with Gasteiger partial charge in [-0.15, -0.1) is 0 Å². The summed E-state index contributed by atoms with van der Waals surface area (Å²) in [6.07, 6.45) is 1.57. The Morgan fingerprint density at radius 1 is 1.24 bits per heavy atom. The Bertz CT molecular complexity index is 1620. The minimum atomic E-state index is -0.878. The molecule has 0 unspecified atom stereocenters. The number of carbonyl (C=O) groups is 1. The van der Waals surface area contributed by atoms with Crippen molar-refractivity contribution in [3.05, 3.63) is 93.1 Å². The third kappa shape index (κ3) is 4.94. The average molecular weight is 588 g/mol. The Kier molecular flexibility index (Phi) is 7.60. The Morgan fingerprint density at radius 3 is 2.59 bits per heavy atom. The van der Waals surface area contributed by atoms with Gasteiger partial charge >= 0.3 is 5.97 Å². The highest BCUT2D eigenvalue weighted by atomic mass is 79.9. The van der Waals surface area contributed by atoms with Gasteiger partial charge in [0.25, 0.3) is 11.2 Å². The molecule has 1 aromatic heterocycles. The number of esters is 1. The molecule has 0 amide bonds. The Hall–Kier alpha value is -3.77. The molecule has 0 fully saturated rings. The highest BCUT2D eigenvalue weighted by Gasteiger charge is 2.35. The summed E-state index contributed by atoms with van der Waals surface area (Å²) in [5.41, 5.74) is 1.19. The van der Waals surface area contributed by atoms with Crippen LogP contribution in [-0.2, 0) is 9.53 Å². The summed E-state index contributed by atoms with van der Waals surface area (Å²) in [7, 11) is 3.00. The van der Waals surface area contributed by atoms with Crippen LogP contribution in [0, 0.1) is 10.1 Å². The molecule has 37 heavy (non-hydrogen) atoms. The van der Waals surface area contributed by atoms with E-state index in [-0.39, 0.29) is 17.9 Å². The number of benzene rings is 2. The Morgan fingerprint density at radius 2 is 1.95 bits per heavy atom. The maximum Gasteiger partial charge on any atom is 0.338 e. The molecule has 0 saturated carbocycles. The van der Waals surface area contributed by atoms with Crippen molar-refractivity contribution in [2.45, 2.75) is 19.9 Å². The van der Waals surface area contributed by atoms with Crippen LogP contribution in [0.2, 0.25) is 0 Å². The zero-order chi connectivity index (χ0) is 26.9. The molecule has 4 rings (SSSR count). The summed E-state index contributed by atoms with van der Waals surface area (Å²) in [6, 6.07) is 8.50. The fraction of sp³-hybridized carbons (Fsp3) is 0.240. The van der Waals surface area contributed by atoms with Gasteiger partial charge in [0.1, 0.15) is 0 Å². The van der Waals surface area contributed by atoms with Crippen LogP contribution in [-0.4, -0.2) is 36.3 Å². The van der Waals surface area contributed by atoms with Crippen LogP contribution in [0.15, 0.2) is 61.9 Å². The Balaban J connectivity index is 2.00. The number of rotatable bonds is 7. The molecule has 0 aliphatic carbocycles. The van der Waals surface area contributed by atoms with Crippen LogP contribution in [0.1, 0.15) is 31.0 Å². The molecule has 1 atom stereocenters. The number of fused-ring (bicyclic) bond motifs is 1. The van der Waals surface area contributed by atoms with E-state index in [4.69, 9.17) is 14.2 Å². The third-order valence-electron chi connectivity index (χ3n) is 5.69. The van der Waals surface area contributed by atoms with Crippen molar-refractivity contribution >= 4 is 45.0 Å². The van der Waals surface area contributed by atoms with E-state index in [2.05, 4.69) is 20.9 Å². The minimum absolute atomic E-state index is 0.0888. The summed E-state index contributed by atoms with van der Waals surface area (Å²) in [6.45, 7) is 3.53. The smallest absolute Gasteiger partial charge is 0.338 e. The van der Waals surface area contributed by atoms with Gasteiger partial charge in [-0.3, -0.25) is 19.5 Å². The molecular formula is C25H22BrN3O7S. The minimum Gasteiger partial charge on any atom is -0.493 e. The molecule has 192 valence electrons. The van der Waals surface area contributed by atoms with Crippen molar-refractivity contribution in [2.24, 2.45) is 4.99 Å². The van der Waals surface area contributed by atoms with E-state index in [1.165, 1.54) is 30.9 Å². The second-order valence-electron chi connectivity index (χ2n) is 7.88. The molecule has 10 nitrogen and oxygen atoms in total. The van der Waals surface area contributed by atoms with Gasteiger partial charge in [-0.2, -0.15) is 0 Å². The van der Waals surface area contributed by atoms with Gasteiger partial charge in [-0.05, 0) is 43.2 Å². The van der Waals surface area contributed by atoms with E-state index in [0.717, 1.165) is 11.3 Å². The summed E-state index contributed by atoms with van der Waals surface area (Å²) in [4.78, 5) is 42.5. The van der Waals surface area contributed by atoms with Gasteiger partial charge in [0.15, 0.2) is 16.3 Å². The molecule has 12 heteroatoms. The maximum absolute atomic E-state index is 13.7. The predicted molar refractivity (Wildman–Crippen MR) is 141 cm³/mol. The number of halogens is 1. The van der Waals surface area contributed by atoms with E-state index in [1.807, 2.05) is 0 Å². The van der Waals surface area contributed by atoms with Crippen LogP contribution in [0.4, 0.5) is 5.69 Å². The standard InChI is InChI=1S/C25H22BrN3O7S/c1-5-36-24(31)21-13(2)27-25-28(22(21)16-11-18(34-3)19(35-4)12-17(16)26)23(30)20(37-25)10-14-7-6-8-15(9-14)29(32)33/h6-12,22H,5H2,1-4H3/b20-10-/t22-/m1/s1. The van der Waals surface area contributed by atoms with Gasteiger partial charge in [0, 0.05) is 16.6 Å². The summed E-state index contributed by atoms with van der Waals surface area (Å²) in [5.74, 6) is 0.287. The van der Waals surface area contributed by atoms with Gasteiger partial charge in [-0.25, -0.2) is 9.79 Å². The lowest BCUT2D eigenvalue weighted by molar-refractivity contribution is -0.384. The number of nitro groups is 1. The summed E-state index contributed by atoms with van der Waals surface area (Å²) in [5, 5.41) is 11.2. The Labute approximate surface area is 223 Å². The van der Waals surface area contributed by atoms with Crippen LogP contribution >= 0.6 is 27.3 Å². The topological polar surface area (TPSA) is 122 Å². The van der Waals surface area contributed by atoms with Crippen molar-refractivity contribution < 1.29 is 23.9 Å².